The van der Waals surface area contributed by atoms with E-state index >= 15 is 0 Å². The normalized spacial score (nSPS) is 21.7. The molecule has 2 rings (SSSR count). The van der Waals surface area contributed by atoms with Crippen molar-refractivity contribution in [1.82, 2.24) is 5.32 Å². The van der Waals surface area contributed by atoms with E-state index in [1.807, 2.05) is 30.3 Å². The largest absolute Gasteiger partial charge is 0.446 e. The second-order valence-corrected chi connectivity index (χ2v) is 2.63. The number of benzene rings is 1. The molecule has 3 heteroatoms. The molecule has 61 valence electrons. The third kappa shape index (κ3) is 1.25. The molecule has 1 aliphatic heterocycles. The fraction of sp³-hybridized carbons (Fsp3) is 0.222. The topological polar surface area (TPSA) is 40.4 Å². The van der Waals surface area contributed by atoms with E-state index in [1.165, 1.54) is 0 Å². The molecule has 1 aromatic rings. The van der Waals surface area contributed by atoms with Gasteiger partial charge >= 0.3 is 6.09 Å². The van der Waals surface area contributed by atoms with Crippen LogP contribution < -0.4 is 5.32 Å². The predicted molar refractivity (Wildman–Crippen MR) is 42.7 cm³/mol. The lowest BCUT2D eigenvalue weighted by Crippen LogP contribution is -2.09. The average molecular weight is 162 g/mol. The minimum atomic E-state index is -0.455. The SMILES string of the molecule is O=C1[N][C@@H](c2ccccc2)CO1. The van der Waals surface area contributed by atoms with E-state index in [-0.39, 0.29) is 6.04 Å². The van der Waals surface area contributed by atoms with E-state index in [0.29, 0.717) is 6.61 Å². The van der Waals surface area contributed by atoms with E-state index in [9.17, 15) is 4.79 Å². The fourth-order valence-corrected chi connectivity index (χ4v) is 1.20. The quantitative estimate of drug-likeness (QED) is 0.627. The highest BCUT2D eigenvalue weighted by Crippen LogP contribution is 2.18. The highest BCUT2D eigenvalue weighted by atomic mass is 16.6. The summed E-state index contributed by atoms with van der Waals surface area (Å²) in [6.07, 6.45) is -0.455. The standard InChI is InChI=1S/C9H8NO2/c11-9-10-8(6-12-9)7-4-2-1-3-5-7/h1-5,8H,6H2/t8-/m1/s1. The Hall–Kier alpha value is -1.51. The third-order valence-corrected chi connectivity index (χ3v) is 1.81. The van der Waals surface area contributed by atoms with Crippen LogP contribution in [0.1, 0.15) is 11.6 Å². The summed E-state index contributed by atoms with van der Waals surface area (Å²) in [5.74, 6) is 0. The summed E-state index contributed by atoms with van der Waals surface area (Å²) in [5.41, 5.74) is 1.03. The average Bonchev–Trinajstić information content (AvgIpc) is 2.54. The van der Waals surface area contributed by atoms with E-state index in [1.54, 1.807) is 0 Å². The summed E-state index contributed by atoms with van der Waals surface area (Å²) in [6.45, 7) is 0.378. The van der Waals surface area contributed by atoms with Crippen molar-refractivity contribution < 1.29 is 9.53 Å². The zero-order valence-corrected chi connectivity index (χ0v) is 6.43. The maximum absolute atomic E-state index is 10.6. The first-order chi connectivity index (χ1) is 5.86. The number of cyclic esters (lactones) is 1. The molecule has 1 amide bonds. The fourth-order valence-electron chi connectivity index (χ4n) is 1.20. The highest BCUT2D eigenvalue weighted by molar-refractivity contribution is 5.69. The molecule has 0 N–H and O–H groups in total. The highest BCUT2D eigenvalue weighted by Gasteiger charge is 2.25. The molecule has 12 heavy (non-hydrogen) atoms. The molecule has 1 aliphatic rings. The third-order valence-electron chi connectivity index (χ3n) is 1.81. The first-order valence-electron chi connectivity index (χ1n) is 3.79. The van der Waals surface area contributed by atoms with Gasteiger partial charge in [-0.2, -0.15) is 0 Å². The van der Waals surface area contributed by atoms with Gasteiger partial charge in [0.25, 0.3) is 0 Å². The van der Waals surface area contributed by atoms with Gasteiger partial charge in [0.15, 0.2) is 0 Å². The van der Waals surface area contributed by atoms with Gasteiger partial charge in [0, 0.05) is 0 Å². The lowest BCUT2D eigenvalue weighted by molar-refractivity contribution is 0.176. The molecule has 1 heterocycles. The van der Waals surface area contributed by atoms with Crippen molar-refractivity contribution >= 4 is 6.09 Å². The number of hydrogen-bond acceptors (Lipinski definition) is 2. The van der Waals surface area contributed by atoms with Gasteiger partial charge < -0.3 is 4.74 Å². The Morgan fingerprint density at radius 1 is 1.33 bits per heavy atom. The Bertz CT molecular complexity index is 284. The van der Waals surface area contributed by atoms with Crippen LogP contribution in [-0.2, 0) is 4.74 Å². The van der Waals surface area contributed by atoms with Crippen LogP contribution in [0, 0.1) is 0 Å². The molecule has 1 fully saturated rings. The van der Waals surface area contributed by atoms with Crippen molar-refractivity contribution in [2.75, 3.05) is 6.61 Å². The van der Waals surface area contributed by atoms with E-state index in [2.05, 4.69) is 5.32 Å². The second kappa shape index (κ2) is 2.85. The Morgan fingerprint density at radius 2 is 2.08 bits per heavy atom. The van der Waals surface area contributed by atoms with Crippen LogP contribution in [0.2, 0.25) is 0 Å². The zero-order chi connectivity index (χ0) is 8.39. The predicted octanol–water partition coefficient (Wildman–Crippen LogP) is 1.48. The lowest BCUT2D eigenvalue weighted by Gasteiger charge is -2.03. The maximum Gasteiger partial charge on any atom is 0.429 e. The van der Waals surface area contributed by atoms with Crippen LogP contribution in [0.25, 0.3) is 0 Å². The van der Waals surface area contributed by atoms with Crippen molar-refractivity contribution in [3.8, 4) is 0 Å². The van der Waals surface area contributed by atoms with Gasteiger partial charge in [-0.3, -0.25) is 0 Å². The molecule has 1 saturated heterocycles. The minimum absolute atomic E-state index is 0.0984. The van der Waals surface area contributed by atoms with Gasteiger partial charge in [-0.1, -0.05) is 30.3 Å². The monoisotopic (exact) mass is 162 g/mol. The molecular weight excluding hydrogens is 154 g/mol. The number of rotatable bonds is 1. The van der Waals surface area contributed by atoms with Crippen LogP contribution in [0.15, 0.2) is 30.3 Å². The number of hydrogen-bond donors (Lipinski definition) is 0. The number of carbonyl (C=O) groups is 1. The first kappa shape index (κ1) is 7.16. The van der Waals surface area contributed by atoms with Gasteiger partial charge in [-0.15, -0.1) is 0 Å². The molecule has 0 unspecified atom stereocenters. The van der Waals surface area contributed by atoms with Gasteiger partial charge in [-0.25, -0.2) is 10.1 Å². The minimum Gasteiger partial charge on any atom is -0.446 e. The van der Waals surface area contributed by atoms with Crippen molar-refractivity contribution in [1.29, 1.82) is 0 Å². The summed E-state index contributed by atoms with van der Waals surface area (Å²) >= 11 is 0. The van der Waals surface area contributed by atoms with Crippen LogP contribution in [0.4, 0.5) is 4.79 Å². The lowest BCUT2D eigenvalue weighted by atomic mass is 10.1. The molecule has 1 aromatic carbocycles. The summed E-state index contributed by atoms with van der Waals surface area (Å²) in [5, 5.41) is 3.80. The number of nitrogens with zero attached hydrogens (tertiary/aromatic N) is 1. The smallest absolute Gasteiger partial charge is 0.429 e. The van der Waals surface area contributed by atoms with Crippen molar-refractivity contribution in [2.45, 2.75) is 6.04 Å². The van der Waals surface area contributed by atoms with Crippen molar-refractivity contribution in [3.63, 3.8) is 0 Å². The Kier molecular flexibility index (Phi) is 1.70. The summed E-state index contributed by atoms with van der Waals surface area (Å²) in [7, 11) is 0. The molecule has 0 aromatic heterocycles. The number of ether oxygens (including phenoxy) is 1. The summed E-state index contributed by atoms with van der Waals surface area (Å²) in [6, 6.07) is 9.56. The Morgan fingerprint density at radius 3 is 2.67 bits per heavy atom. The molecule has 1 radical (unpaired) electrons. The van der Waals surface area contributed by atoms with E-state index in [4.69, 9.17) is 4.74 Å². The maximum atomic E-state index is 10.6. The molecule has 0 spiro atoms. The molecular formula is C9H8NO2. The van der Waals surface area contributed by atoms with Gasteiger partial charge in [0.2, 0.25) is 0 Å². The van der Waals surface area contributed by atoms with Crippen LogP contribution in [-0.4, -0.2) is 12.7 Å². The Labute approximate surface area is 70.3 Å². The van der Waals surface area contributed by atoms with Gasteiger partial charge in [-0.05, 0) is 5.56 Å². The summed E-state index contributed by atoms with van der Waals surface area (Å²) in [4.78, 5) is 10.6. The van der Waals surface area contributed by atoms with Crippen molar-refractivity contribution in [3.05, 3.63) is 35.9 Å². The number of amides is 1. The second-order valence-electron chi connectivity index (χ2n) is 2.63. The molecule has 3 nitrogen and oxygen atoms in total. The van der Waals surface area contributed by atoms with E-state index in [0.717, 1.165) is 5.56 Å². The zero-order valence-electron chi connectivity index (χ0n) is 6.43. The van der Waals surface area contributed by atoms with Crippen LogP contribution >= 0.6 is 0 Å². The first-order valence-corrected chi connectivity index (χ1v) is 3.79. The van der Waals surface area contributed by atoms with Gasteiger partial charge in [0.05, 0.1) is 0 Å². The molecule has 1 atom stereocenters. The van der Waals surface area contributed by atoms with E-state index < -0.39 is 6.09 Å². The van der Waals surface area contributed by atoms with Crippen molar-refractivity contribution in [2.24, 2.45) is 0 Å². The van der Waals surface area contributed by atoms with Gasteiger partial charge in [0.1, 0.15) is 12.6 Å². The number of carbonyl (C=O) groups excluding carboxylic acids is 1. The molecule has 0 bridgehead atoms. The summed E-state index contributed by atoms with van der Waals surface area (Å²) < 4.78 is 4.71. The molecule has 0 aliphatic carbocycles. The Balaban J connectivity index is 2.16. The van der Waals surface area contributed by atoms with Crippen LogP contribution in [0.5, 0.6) is 0 Å². The van der Waals surface area contributed by atoms with Crippen LogP contribution in [0.3, 0.4) is 0 Å². The molecule has 0 saturated carbocycles.